The number of hydrogen-bond donors (Lipinski definition) is 2. The van der Waals surface area contributed by atoms with E-state index in [2.05, 4.69) is 10.5 Å². The van der Waals surface area contributed by atoms with Crippen molar-refractivity contribution in [1.82, 2.24) is 15.2 Å². The van der Waals surface area contributed by atoms with Gasteiger partial charge in [-0.15, -0.1) is 0 Å². The summed E-state index contributed by atoms with van der Waals surface area (Å²) >= 11 is 6.00. The molecule has 0 fully saturated rings. The first-order valence-corrected chi connectivity index (χ1v) is 6.03. The highest BCUT2D eigenvalue weighted by atomic mass is 35.5. The Labute approximate surface area is 118 Å². The molecule has 0 saturated heterocycles. The Morgan fingerprint density at radius 3 is 2.60 bits per heavy atom. The molecular weight excluding hydrogens is 293 g/mol. The van der Waals surface area contributed by atoms with Crippen LogP contribution in [0.3, 0.4) is 0 Å². The number of halogens is 4. The van der Waals surface area contributed by atoms with E-state index in [1.54, 1.807) is 13.1 Å². The normalized spacial score (nSPS) is 13.5. The number of hydrazine groups is 1. The average Bonchev–Trinajstić information content (AvgIpc) is 2.71. The van der Waals surface area contributed by atoms with Gasteiger partial charge in [0, 0.05) is 7.05 Å². The number of nitrogens with two attached hydrogens (primary N) is 1. The number of aryl methyl sites for hydroxylation is 1. The number of nitrogens with zero attached hydrogens (tertiary/aromatic N) is 2. The molecule has 0 aliphatic heterocycles. The quantitative estimate of drug-likeness (QED) is 0.677. The van der Waals surface area contributed by atoms with E-state index in [1.165, 1.54) is 16.9 Å². The summed E-state index contributed by atoms with van der Waals surface area (Å²) in [5.41, 5.74) is 2.57. The van der Waals surface area contributed by atoms with Crippen molar-refractivity contribution in [2.24, 2.45) is 12.9 Å². The molecule has 0 bridgehead atoms. The Morgan fingerprint density at radius 2 is 2.10 bits per heavy atom. The van der Waals surface area contributed by atoms with Crippen LogP contribution in [0.2, 0.25) is 5.02 Å². The van der Waals surface area contributed by atoms with E-state index >= 15 is 0 Å². The standard InChI is InChI=1S/C12H12ClF3N4/c1-20-11(9(13)6-18-20)10(19-17)7-3-2-4-8(5-7)12(14,15)16/h2-6,10,19H,17H2,1H3. The second kappa shape index (κ2) is 5.43. The van der Waals surface area contributed by atoms with Crippen LogP contribution in [0.4, 0.5) is 13.2 Å². The summed E-state index contributed by atoms with van der Waals surface area (Å²) < 4.78 is 39.7. The third-order valence-corrected chi connectivity index (χ3v) is 3.22. The van der Waals surface area contributed by atoms with Crippen LogP contribution in [0.1, 0.15) is 22.9 Å². The highest BCUT2D eigenvalue weighted by molar-refractivity contribution is 6.31. The lowest BCUT2D eigenvalue weighted by molar-refractivity contribution is -0.137. The predicted molar refractivity (Wildman–Crippen MR) is 68.8 cm³/mol. The zero-order chi connectivity index (χ0) is 14.9. The number of benzene rings is 1. The number of nitrogens with one attached hydrogen (secondary N) is 1. The second-order valence-electron chi connectivity index (χ2n) is 4.22. The molecule has 1 atom stereocenters. The zero-order valence-corrected chi connectivity index (χ0v) is 11.2. The van der Waals surface area contributed by atoms with Crippen molar-refractivity contribution in [3.05, 3.63) is 52.3 Å². The molecular formula is C12H12ClF3N4. The Hall–Kier alpha value is -1.57. The van der Waals surface area contributed by atoms with Gasteiger partial charge < -0.3 is 0 Å². The molecule has 3 N–H and O–H groups in total. The number of rotatable bonds is 3. The minimum Gasteiger partial charge on any atom is -0.271 e. The highest BCUT2D eigenvalue weighted by Gasteiger charge is 2.31. The van der Waals surface area contributed by atoms with E-state index in [9.17, 15) is 13.2 Å². The van der Waals surface area contributed by atoms with E-state index < -0.39 is 17.8 Å². The van der Waals surface area contributed by atoms with Crippen LogP contribution in [0.5, 0.6) is 0 Å². The molecule has 0 aliphatic carbocycles. The van der Waals surface area contributed by atoms with Crippen molar-refractivity contribution in [2.45, 2.75) is 12.2 Å². The first kappa shape index (κ1) is 14.8. The molecule has 1 heterocycles. The molecule has 4 nitrogen and oxygen atoms in total. The molecule has 1 unspecified atom stereocenters. The van der Waals surface area contributed by atoms with E-state index in [-0.39, 0.29) is 0 Å². The molecule has 0 aliphatic rings. The molecule has 1 aromatic heterocycles. The molecule has 108 valence electrons. The van der Waals surface area contributed by atoms with E-state index in [0.717, 1.165) is 12.1 Å². The largest absolute Gasteiger partial charge is 0.416 e. The Balaban J connectivity index is 2.48. The van der Waals surface area contributed by atoms with Crippen molar-refractivity contribution in [2.75, 3.05) is 0 Å². The van der Waals surface area contributed by atoms with Gasteiger partial charge in [-0.25, -0.2) is 5.43 Å². The van der Waals surface area contributed by atoms with Gasteiger partial charge in [0.25, 0.3) is 0 Å². The number of aromatic nitrogens is 2. The van der Waals surface area contributed by atoms with Crippen molar-refractivity contribution in [3.8, 4) is 0 Å². The van der Waals surface area contributed by atoms with Crippen molar-refractivity contribution < 1.29 is 13.2 Å². The summed E-state index contributed by atoms with van der Waals surface area (Å²) in [6, 6.07) is 4.23. The van der Waals surface area contributed by atoms with Crippen LogP contribution in [0, 0.1) is 0 Å². The van der Waals surface area contributed by atoms with Gasteiger partial charge in [0.1, 0.15) is 0 Å². The monoisotopic (exact) mass is 304 g/mol. The highest BCUT2D eigenvalue weighted by Crippen LogP contribution is 2.33. The summed E-state index contributed by atoms with van der Waals surface area (Å²) in [6.07, 6.45) is -3.00. The SMILES string of the molecule is Cn1ncc(Cl)c1C(NN)c1cccc(C(F)(F)F)c1. The zero-order valence-electron chi connectivity index (χ0n) is 10.4. The van der Waals surface area contributed by atoms with Crippen LogP contribution in [0.15, 0.2) is 30.5 Å². The Kier molecular flexibility index (Phi) is 4.03. The second-order valence-corrected chi connectivity index (χ2v) is 4.63. The molecule has 8 heteroatoms. The lowest BCUT2D eigenvalue weighted by Gasteiger charge is -2.18. The molecule has 0 amide bonds. The molecule has 0 saturated carbocycles. The summed E-state index contributed by atoms with van der Waals surface area (Å²) in [5, 5.41) is 4.28. The third-order valence-electron chi connectivity index (χ3n) is 2.93. The van der Waals surface area contributed by atoms with Gasteiger partial charge in [-0.2, -0.15) is 18.3 Å². The van der Waals surface area contributed by atoms with E-state index in [1.807, 2.05) is 0 Å². The summed E-state index contributed by atoms with van der Waals surface area (Å²) in [4.78, 5) is 0. The number of hydrogen-bond acceptors (Lipinski definition) is 3. The Bertz CT molecular complexity index is 589. The fourth-order valence-corrected chi connectivity index (χ4v) is 2.25. The topological polar surface area (TPSA) is 55.9 Å². The minimum atomic E-state index is -4.41. The van der Waals surface area contributed by atoms with Gasteiger partial charge in [-0.3, -0.25) is 10.5 Å². The van der Waals surface area contributed by atoms with Crippen LogP contribution in [0.25, 0.3) is 0 Å². The minimum absolute atomic E-state index is 0.327. The van der Waals surface area contributed by atoms with Crippen LogP contribution < -0.4 is 11.3 Å². The predicted octanol–water partition coefficient (Wildman–Crippen LogP) is 2.65. The lowest BCUT2D eigenvalue weighted by atomic mass is 10.0. The van der Waals surface area contributed by atoms with Crippen molar-refractivity contribution >= 4 is 11.6 Å². The maximum atomic E-state index is 12.7. The molecule has 0 spiro atoms. The van der Waals surface area contributed by atoms with E-state index in [4.69, 9.17) is 17.4 Å². The summed E-state index contributed by atoms with van der Waals surface area (Å²) in [6.45, 7) is 0. The van der Waals surface area contributed by atoms with E-state index in [0.29, 0.717) is 16.3 Å². The van der Waals surface area contributed by atoms with Gasteiger partial charge in [-0.05, 0) is 17.7 Å². The maximum Gasteiger partial charge on any atom is 0.416 e. The van der Waals surface area contributed by atoms with Crippen LogP contribution in [-0.2, 0) is 13.2 Å². The first-order chi connectivity index (χ1) is 9.34. The number of alkyl halides is 3. The molecule has 2 rings (SSSR count). The molecule has 1 aromatic carbocycles. The van der Waals surface area contributed by atoms with Gasteiger partial charge >= 0.3 is 6.18 Å². The summed E-state index contributed by atoms with van der Waals surface area (Å²) in [5.74, 6) is 5.46. The van der Waals surface area contributed by atoms with Gasteiger partial charge in [0.15, 0.2) is 0 Å². The van der Waals surface area contributed by atoms with Crippen LogP contribution >= 0.6 is 11.6 Å². The average molecular weight is 305 g/mol. The fraction of sp³-hybridized carbons (Fsp3) is 0.250. The van der Waals surface area contributed by atoms with Crippen LogP contribution in [-0.4, -0.2) is 9.78 Å². The first-order valence-electron chi connectivity index (χ1n) is 5.65. The summed E-state index contributed by atoms with van der Waals surface area (Å²) in [7, 11) is 1.64. The fourth-order valence-electron chi connectivity index (χ4n) is 1.97. The van der Waals surface area contributed by atoms with Gasteiger partial charge in [0.05, 0.1) is 28.5 Å². The van der Waals surface area contributed by atoms with Crippen molar-refractivity contribution in [3.63, 3.8) is 0 Å². The molecule has 2 aromatic rings. The van der Waals surface area contributed by atoms with Crippen molar-refractivity contribution in [1.29, 1.82) is 0 Å². The maximum absolute atomic E-state index is 12.7. The molecule has 20 heavy (non-hydrogen) atoms. The Morgan fingerprint density at radius 1 is 1.40 bits per heavy atom. The lowest BCUT2D eigenvalue weighted by Crippen LogP contribution is -2.30. The third kappa shape index (κ3) is 2.79. The smallest absolute Gasteiger partial charge is 0.271 e. The molecule has 0 radical (unpaired) electrons. The van der Waals surface area contributed by atoms with Gasteiger partial charge in [-0.1, -0.05) is 23.7 Å². The van der Waals surface area contributed by atoms with Gasteiger partial charge in [0.2, 0.25) is 0 Å².